The first kappa shape index (κ1) is 15.9. The predicted octanol–water partition coefficient (Wildman–Crippen LogP) is 3.89. The molecule has 1 aromatic carbocycles. The van der Waals surface area contributed by atoms with Gasteiger partial charge in [0, 0.05) is 29.9 Å². The molecular formula is C19H26FN3O. The number of hydrogen-bond acceptors (Lipinski definition) is 2. The molecule has 2 atom stereocenters. The fraction of sp³-hybridized carbons (Fsp3) is 0.632. The van der Waals surface area contributed by atoms with E-state index < -0.39 is 0 Å². The van der Waals surface area contributed by atoms with E-state index in [0.29, 0.717) is 17.8 Å². The van der Waals surface area contributed by atoms with Crippen LogP contribution in [-0.2, 0) is 0 Å². The number of benzene rings is 1. The Labute approximate surface area is 142 Å². The fourth-order valence-electron chi connectivity index (χ4n) is 5.05. The second-order valence-corrected chi connectivity index (χ2v) is 7.55. The average molecular weight is 331 g/mol. The number of carbonyl (C=O) groups excluding carboxylic acids is 1. The van der Waals surface area contributed by atoms with E-state index in [1.54, 1.807) is 12.1 Å². The van der Waals surface area contributed by atoms with Crippen molar-refractivity contribution in [3.8, 4) is 0 Å². The van der Waals surface area contributed by atoms with E-state index in [2.05, 4.69) is 15.5 Å². The minimum atomic E-state index is -0.337. The van der Waals surface area contributed by atoms with Gasteiger partial charge < -0.3 is 10.6 Å². The van der Waals surface area contributed by atoms with Crippen LogP contribution in [0.3, 0.4) is 0 Å². The second-order valence-electron chi connectivity index (χ2n) is 7.55. The van der Waals surface area contributed by atoms with Gasteiger partial charge >= 0.3 is 6.03 Å². The molecule has 2 aliphatic heterocycles. The molecule has 130 valence electrons. The number of hydrogen-bond donors (Lipinski definition) is 2. The largest absolute Gasteiger partial charge is 0.335 e. The van der Waals surface area contributed by atoms with E-state index in [0.717, 1.165) is 18.9 Å². The number of piperidine rings is 1. The molecule has 2 bridgehead atoms. The lowest BCUT2D eigenvalue weighted by molar-refractivity contribution is 0.0747. The van der Waals surface area contributed by atoms with E-state index in [-0.39, 0.29) is 17.9 Å². The van der Waals surface area contributed by atoms with E-state index >= 15 is 0 Å². The van der Waals surface area contributed by atoms with Gasteiger partial charge in [-0.1, -0.05) is 18.9 Å². The maximum absolute atomic E-state index is 13.2. The summed E-state index contributed by atoms with van der Waals surface area (Å²) in [7, 11) is 0. The smallest absolute Gasteiger partial charge is 0.319 e. The quantitative estimate of drug-likeness (QED) is 0.883. The molecule has 2 saturated heterocycles. The first-order valence-electron chi connectivity index (χ1n) is 9.29. The van der Waals surface area contributed by atoms with Gasteiger partial charge in [-0.05, 0) is 56.7 Å². The number of carbonyl (C=O) groups is 1. The number of urea groups is 1. The highest BCUT2D eigenvalue weighted by molar-refractivity contribution is 5.89. The van der Waals surface area contributed by atoms with Gasteiger partial charge in [-0.2, -0.15) is 0 Å². The molecule has 4 nitrogen and oxygen atoms in total. The standard InChI is InChI=1S/C19H26FN3O/c20-13-4-3-5-14(10-13)21-19(24)22-15-11-17-8-9-18(12-15)23(17)16-6-1-2-7-16/h3-5,10,15-18H,1-2,6-9,11-12H2,(H2,21,22,24). The number of fused-ring (bicyclic) bond motifs is 2. The maximum Gasteiger partial charge on any atom is 0.319 e. The van der Waals surface area contributed by atoms with Crippen LogP contribution in [0.15, 0.2) is 24.3 Å². The van der Waals surface area contributed by atoms with E-state index in [1.807, 2.05) is 0 Å². The van der Waals surface area contributed by atoms with Gasteiger partial charge in [-0.3, -0.25) is 4.90 Å². The molecule has 2 N–H and O–H groups in total. The lowest BCUT2D eigenvalue weighted by atomic mass is 9.95. The van der Waals surface area contributed by atoms with Gasteiger partial charge in [0.15, 0.2) is 0 Å². The van der Waals surface area contributed by atoms with Crippen molar-refractivity contribution in [1.82, 2.24) is 10.2 Å². The third kappa shape index (κ3) is 3.27. The van der Waals surface area contributed by atoms with Crippen LogP contribution in [0.5, 0.6) is 0 Å². The van der Waals surface area contributed by atoms with Crippen LogP contribution in [0.1, 0.15) is 51.4 Å². The molecule has 4 rings (SSSR count). The minimum Gasteiger partial charge on any atom is -0.335 e. The van der Waals surface area contributed by atoms with Crippen LogP contribution in [-0.4, -0.2) is 35.1 Å². The Morgan fingerprint density at radius 2 is 1.75 bits per heavy atom. The van der Waals surface area contributed by atoms with Crippen LogP contribution in [0, 0.1) is 5.82 Å². The van der Waals surface area contributed by atoms with Gasteiger partial charge in [0.25, 0.3) is 0 Å². The van der Waals surface area contributed by atoms with Crippen molar-refractivity contribution in [3.63, 3.8) is 0 Å². The number of halogens is 1. The van der Waals surface area contributed by atoms with Crippen LogP contribution < -0.4 is 10.6 Å². The van der Waals surface area contributed by atoms with Crippen molar-refractivity contribution in [2.45, 2.75) is 75.5 Å². The minimum absolute atomic E-state index is 0.223. The van der Waals surface area contributed by atoms with Crippen molar-refractivity contribution in [3.05, 3.63) is 30.1 Å². The van der Waals surface area contributed by atoms with Crippen LogP contribution in [0.2, 0.25) is 0 Å². The second kappa shape index (κ2) is 6.71. The van der Waals surface area contributed by atoms with Gasteiger partial charge in [-0.25, -0.2) is 9.18 Å². The third-order valence-electron chi connectivity index (χ3n) is 5.95. The molecule has 3 aliphatic rings. The van der Waals surface area contributed by atoms with Gasteiger partial charge in [0.2, 0.25) is 0 Å². The molecule has 0 aromatic heterocycles. The van der Waals surface area contributed by atoms with Crippen molar-refractivity contribution in [2.75, 3.05) is 5.32 Å². The molecule has 1 saturated carbocycles. The Bertz CT molecular complexity index is 588. The predicted molar refractivity (Wildman–Crippen MR) is 92.5 cm³/mol. The maximum atomic E-state index is 13.2. The zero-order chi connectivity index (χ0) is 16.5. The topological polar surface area (TPSA) is 44.4 Å². The zero-order valence-electron chi connectivity index (χ0n) is 14.0. The lowest BCUT2D eigenvalue weighted by Crippen LogP contribution is -2.53. The van der Waals surface area contributed by atoms with Crippen molar-refractivity contribution >= 4 is 11.7 Å². The van der Waals surface area contributed by atoms with Crippen LogP contribution in [0.25, 0.3) is 0 Å². The van der Waals surface area contributed by atoms with Crippen molar-refractivity contribution < 1.29 is 9.18 Å². The number of anilines is 1. The monoisotopic (exact) mass is 331 g/mol. The molecule has 1 aliphatic carbocycles. The molecule has 5 heteroatoms. The lowest BCUT2D eigenvalue weighted by Gasteiger charge is -2.42. The summed E-state index contributed by atoms with van der Waals surface area (Å²) in [6.07, 6.45) is 10.1. The molecule has 2 heterocycles. The van der Waals surface area contributed by atoms with Crippen molar-refractivity contribution in [2.24, 2.45) is 0 Å². The summed E-state index contributed by atoms with van der Waals surface area (Å²) in [5.41, 5.74) is 0.499. The van der Waals surface area contributed by atoms with Crippen molar-refractivity contribution in [1.29, 1.82) is 0 Å². The summed E-state index contributed by atoms with van der Waals surface area (Å²) in [6, 6.07) is 8.07. The molecule has 3 fully saturated rings. The molecule has 1 aromatic rings. The molecule has 2 unspecified atom stereocenters. The summed E-state index contributed by atoms with van der Waals surface area (Å²) in [5.74, 6) is -0.337. The van der Waals surface area contributed by atoms with Crippen LogP contribution >= 0.6 is 0 Å². The van der Waals surface area contributed by atoms with Crippen LogP contribution in [0.4, 0.5) is 14.9 Å². The number of rotatable bonds is 3. The normalized spacial score (nSPS) is 30.5. The summed E-state index contributed by atoms with van der Waals surface area (Å²) in [5, 5.41) is 5.84. The molecule has 0 spiro atoms. The number of nitrogens with one attached hydrogen (secondary N) is 2. The number of nitrogens with zero attached hydrogens (tertiary/aromatic N) is 1. The Hall–Kier alpha value is -1.62. The van der Waals surface area contributed by atoms with Gasteiger partial charge in [0.05, 0.1) is 0 Å². The SMILES string of the molecule is O=C(Nc1cccc(F)c1)NC1CC2CCC(C1)N2C1CCCC1. The van der Waals surface area contributed by atoms with E-state index in [9.17, 15) is 9.18 Å². The summed E-state index contributed by atoms with van der Waals surface area (Å²) in [6.45, 7) is 0. The highest BCUT2D eigenvalue weighted by Gasteiger charge is 2.44. The van der Waals surface area contributed by atoms with E-state index in [1.165, 1.54) is 50.7 Å². The number of amides is 2. The fourth-order valence-corrected chi connectivity index (χ4v) is 5.05. The first-order chi connectivity index (χ1) is 11.7. The Balaban J connectivity index is 1.33. The Kier molecular flexibility index (Phi) is 4.44. The Morgan fingerprint density at radius 1 is 1.04 bits per heavy atom. The molecule has 0 radical (unpaired) electrons. The Morgan fingerprint density at radius 3 is 2.42 bits per heavy atom. The molecule has 24 heavy (non-hydrogen) atoms. The van der Waals surface area contributed by atoms with Gasteiger partial charge in [0.1, 0.15) is 5.82 Å². The first-order valence-corrected chi connectivity index (χ1v) is 9.29. The zero-order valence-corrected chi connectivity index (χ0v) is 14.0. The average Bonchev–Trinajstić information content (AvgIpc) is 3.13. The highest BCUT2D eigenvalue weighted by Crippen LogP contribution is 2.40. The molecule has 2 amide bonds. The van der Waals surface area contributed by atoms with E-state index in [4.69, 9.17) is 0 Å². The summed E-state index contributed by atoms with van der Waals surface area (Å²) >= 11 is 0. The summed E-state index contributed by atoms with van der Waals surface area (Å²) < 4.78 is 13.2. The third-order valence-corrected chi connectivity index (χ3v) is 5.95. The molecular weight excluding hydrogens is 305 g/mol. The highest BCUT2D eigenvalue weighted by atomic mass is 19.1. The van der Waals surface area contributed by atoms with Gasteiger partial charge in [-0.15, -0.1) is 0 Å². The summed E-state index contributed by atoms with van der Waals surface area (Å²) in [4.78, 5) is 15.0.